The fourth-order valence-corrected chi connectivity index (χ4v) is 4.17. The molecular formula is C22H16ClF3N6OS. The minimum Gasteiger partial charge on any atom is -0.335 e. The zero-order valence-corrected chi connectivity index (χ0v) is 18.8. The summed E-state index contributed by atoms with van der Waals surface area (Å²) < 4.78 is 40.6. The molecule has 2 heterocycles. The topological polar surface area (TPSA) is 98.7 Å². The van der Waals surface area contributed by atoms with E-state index in [1.54, 1.807) is 54.9 Å². The smallest absolute Gasteiger partial charge is 0.335 e. The second-order valence-electron chi connectivity index (χ2n) is 7.01. The minimum atomic E-state index is -4.59. The molecule has 0 spiro atoms. The van der Waals surface area contributed by atoms with E-state index in [4.69, 9.17) is 17.4 Å². The molecule has 0 fully saturated rings. The second kappa shape index (κ2) is 9.74. The van der Waals surface area contributed by atoms with Gasteiger partial charge in [-0.05, 0) is 35.9 Å². The lowest BCUT2D eigenvalue weighted by atomic mass is 10.1. The number of nitrogen functional groups attached to an aromatic ring is 1. The number of nitrogens with two attached hydrogens (primary N) is 1. The fraction of sp³-hybridized carbons (Fsp3) is 0.0909. The SMILES string of the molecule is Nn1c(S[C@H](C(=O)Nc2cc(C(F)(F)F)ccc2Cl)c2ccccc2)nnc1-c1cccnc1. The lowest BCUT2D eigenvalue weighted by molar-refractivity contribution is -0.137. The van der Waals surface area contributed by atoms with Crippen molar-refractivity contribution in [2.75, 3.05) is 11.2 Å². The molecule has 0 aliphatic rings. The summed E-state index contributed by atoms with van der Waals surface area (Å²) in [6.45, 7) is 0. The highest BCUT2D eigenvalue weighted by atomic mass is 35.5. The summed E-state index contributed by atoms with van der Waals surface area (Å²) >= 11 is 7.05. The van der Waals surface area contributed by atoms with Crippen LogP contribution in [0, 0.1) is 0 Å². The average Bonchev–Trinajstić information content (AvgIpc) is 3.19. The summed E-state index contributed by atoms with van der Waals surface area (Å²) in [7, 11) is 0. The van der Waals surface area contributed by atoms with Gasteiger partial charge in [0, 0.05) is 18.0 Å². The van der Waals surface area contributed by atoms with Crippen LogP contribution in [0.2, 0.25) is 5.02 Å². The van der Waals surface area contributed by atoms with Gasteiger partial charge in [-0.25, -0.2) is 4.68 Å². The van der Waals surface area contributed by atoms with Gasteiger partial charge in [0.1, 0.15) is 5.25 Å². The Morgan fingerprint density at radius 2 is 1.85 bits per heavy atom. The second-order valence-corrected chi connectivity index (χ2v) is 8.49. The number of amides is 1. The lowest BCUT2D eigenvalue weighted by Gasteiger charge is -2.18. The molecule has 4 rings (SSSR count). The summed E-state index contributed by atoms with van der Waals surface area (Å²) in [5.41, 5.74) is 0.118. The molecule has 2 aromatic heterocycles. The molecule has 4 aromatic rings. The first-order chi connectivity index (χ1) is 16.2. The van der Waals surface area contributed by atoms with E-state index in [0.717, 1.165) is 30.0 Å². The van der Waals surface area contributed by atoms with Crippen molar-refractivity contribution in [3.05, 3.63) is 89.2 Å². The van der Waals surface area contributed by atoms with E-state index in [2.05, 4.69) is 20.5 Å². The Balaban J connectivity index is 1.65. The van der Waals surface area contributed by atoms with Gasteiger partial charge in [-0.3, -0.25) is 9.78 Å². The first-order valence-electron chi connectivity index (χ1n) is 9.74. The van der Waals surface area contributed by atoms with Gasteiger partial charge in [-0.15, -0.1) is 10.2 Å². The third-order valence-electron chi connectivity index (χ3n) is 4.70. The normalized spacial score (nSPS) is 12.4. The maximum absolute atomic E-state index is 13.2. The van der Waals surface area contributed by atoms with Crippen LogP contribution in [0.15, 0.2) is 78.2 Å². The molecule has 0 bridgehead atoms. The average molecular weight is 505 g/mol. The number of carbonyl (C=O) groups excluding carboxylic acids is 1. The van der Waals surface area contributed by atoms with E-state index in [1.165, 1.54) is 4.68 Å². The van der Waals surface area contributed by atoms with E-state index < -0.39 is 22.9 Å². The van der Waals surface area contributed by atoms with Crippen molar-refractivity contribution in [1.29, 1.82) is 0 Å². The Hall–Kier alpha value is -3.57. The van der Waals surface area contributed by atoms with Gasteiger partial charge in [0.2, 0.25) is 11.1 Å². The Bertz CT molecular complexity index is 1300. The molecule has 12 heteroatoms. The van der Waals surface area contributed by atoms with Crippen LogP contribution in [-0.4, -0.2) is 25.8 Å². The van der Waals surface area contributed by atoms with Crippen LogP contribution < -0.4 is 11.2 Å². The number of alkyl halides is 3. The van der Waals surface area contributed by atoms with Gasteiger partial charge in [0.05, 0.1) is 16.3 Å². The van der Waals surface area contributed by atoms with Crippen LogP contribution in [0.25, 0.3) is 11.4 Å². The number of rotatable bonds is 6. The molecule has 1 atom stereocenters. The van der Waals surface area contributed by atoms with E-state index >= 15 is 0 Å². The van der Waals surface area contributed by atoms with Crippen LogP contribution in [0.3, 0.4) is 0 Å². The number of aromatic nitrogens is 4. The van der Waals surface area contributed by atoms with Gasteiger partial charge in [-0.1, -0.05) is 53.7 Å². The Kier molecular flexibility index (Phi) is 6.75. The Morgan fingerprint density at radius 1 is 1.09 bits per heavy atom. The highest BCUT2D eigenvalue weighted by Gasteiger charge is 2.32. The van der Waals surface area contributed by atoms with E-state index in [9.17, 15) is 18.0 Å². The summed E-state index contributed by atoms with van der Waals surface area (Å²) in [5, 5.41) is 9.93. The van der Waals surface area contributed by atoms with Crippen molar-refractivity contribution in [1.82, 2.24) is 19.9 Å². The highest BCUT2D eigenvalue weighted by Crippen LogP contribution is 2.38. The number of nitrogens with zero attached hydrogens (tertiary/aromatic N) is 4. The number of halogens is 4. The van der Waals surface area contributed by atoms with Crippen molar-refractivity contribution in [3.63, 3.8) is 0 Å². The number of hydrogen-bond donors (Lipinski definition) is 2. The molecule has 7 nitrogen and oxygen atoms in total. The van der Waals surface area contributed by atoms with Crippen LogP contribution in [0.5, 0.6) is 0 Å². The first kappa shape index (κ1) is 23.6. The molecule has 1 amide bonds. The number of pyridine rings is 1. The van der Waals surface area contributed by atoms with Crippen LogP contribution in [-0.2, 0) is 11.0 Å². The van der Waals surface area contributed by atoms with Crippen molar-refractivity contribution in [3.8, 4) is 11.4 Å². The molecule has 0 saturated carbocycles. The van der Waals surface area contributed by atoms with Gasteiger partial charge in [0.25, 0.3) is 0 Å². The first-order valence-corrected chi connectivity index (χ1v) is 11.0. The summed E-state index contributed by atoms with van der Waals surface area (Å²) in [6.07, 6.45) is -1.42. The van der Waals surface area contributed by atoms with E-state index in [1.807, 2.05) is 0 Å². The maximum Gasteiger partial charge on any atom is 0.416 e. The Labute approximate surface area is 201 Å². The van der Waals surface area contributed by atoms with E-state index in [-0.39, 0.29) is 15.9 Å². The van der Waals surface area contributed by atoms with Gasteiger partial charge >= 0.3 is 6.18 Å². The molecule has 3 N–H and O–H groups in total. The molecule has 0 unspecified atom stereocenters. The lowest BCUT2D eigenvalue weighted by Crippen LogP contribution is -2.21. The number of hydrogen-bond acceptors (Lipinski definition) is 6. The molecule has 174 valence electrons. The van der Waals surface area contributed by atoms with Gasteiger partial charge < -0.3 is 11.2 Å². The number of benzene rings is 2. The highest BCUT2D eigenvalue weighted by molar-refractivity contribution is 8.00. The number of thioether (sulfide) groups is 1. The number of anilines is 1. The summed E-state index contributed by atoms with van der Waals surface area (Å²) in [5.74, 6) is 5.90. The zero-order valence-electron chi connectivity index (χ0n) is 17.2. The molecule has 0 aliphatic carbocycles. The summed E-state index contributed by atoms with van der Waals surface area (Å²) in [6, 6.07) is 14.9. The standard InChI is InChI=1S/C22H16ClF3N6OS/c23-16-9-8-15(22(24,25)26)11-17(16)29-20(33)18(13-5-2-1-3-6-13)34-21-31-30-19(32(21)27)14-7-4-10-28-12-14/h1-12,18H,27H2,(H,29,33)/t18-/m0/s1. The predicted octanol–water partition coefficient (Wildman–Crippen LogP) is 5.20. The zero-order chi connectivity index (χ0) is 24.3. The maximum atomic E-state index is 13.2. The quantitative estimate of drug-likeness (QED) is 0.277. The summed E-state index contributed by atoms with van der Waals surface area (Å²) in [4.78, 5) is 17.3. The molecule has 34 heavy (non-hydrogen) atoms. The third-order valence-corrected chi connectivity index (χ3v) is 6.24. The van der Waals surface area contributed by atoms with E-state index in [0.29, 0.717) is 17.0 Å². The monoisotopic (exact) mass is 504 g/mol. The predicted molar refractivity (Wildman–Crippen MR) is 124 cm³/mol. The van der Waals surface area contributed by atoms with Crippen molar-refractivity contribution >= 4 is 35.0 Å². The van der Waals surface area contributed by atoms with Crippen molar-refractivity contribution in [2.45, 2.75) is 16.6 Å². The fourth-order valence-electron chi connectivity index (χ4n) is 3.05. The minimum absolute atomic E-state index is 0.0287. The molecular weight excluding hydrogens is 489 g/mol. The largest absolute Gasteiger partial charge is 0.416 e. The van der Waals surface area contributed by atoms with Gasteiger partial charge in [-0.2, -0.15) is 13.2 Å². The van der Waals surface area contributed by atoms with Crippen LogP contribution >= 0.6 is 23.4 Å². The molecule has 0 aliphatic heterocycles. The molecule has 0 radical (unpaired) electrons. The Morgan fingerprint density at radius 3 is 2.53 bits per heavy atom. The number of carbonyl (C=O) groups is 1. The number of nitrogens with one attached hydrogen (secondary N) is 1. The van der Waals surface area contributed by atoms with Crippen LogP contribution in [0.4, 0.5) is 18.9 Å². The molecule has 2 aromatic carbocycles. The van der Waals surface area contributed by atoms with Crippen molar-refractivity contribution < 1.29 is 18.0 Å². The van der Waals surface area contributed by atoms with Crippen LogP contribution in [0.1, 0.15) is 16.4 Å². The molecule has 0 saturated heterocycles. The third kappa shape index (κ3) is 5.15. The van der Waals surface area contributed by atoms with Crippen molar-refractivity contribution in [2.24, 2.45) is 0 Å². The van der Waals surface area contributed by atoms with Gasteiger partial charge in [0.15, 0.2) is 5.82 Å².